The zero-order valence-electron chi connectivity index (χ0n) is 13.9. The molecule has 1 aliphatic carbocycles. The van der Waals surface area contributed by atoms with Gasteiger partial charge in [-0.3, -0.25) is 4.79 Å². The standard InChI is InChI=1S/C17H32N2O/c1-12(2)13-10-15(11-13)18-14-6-8-19(9-7-14)16(20)17(3,4)5/h12-15,18H,6-11H2,1-5H3. The second-order valence-electron chi connectivity index (χ2n) is 8.16. The van der Waals surface area contributed by atoms with Crippen molar-refractivity contribution in [1.29, 1.82) is 0 Å². The zero-order valence-corrected chi connectivity index (χ0v) is 13.9. The highest BCUT2D eigenvalue weighted by Gasteiger charge is 2.34. The van der Waals surface area contributed by atoms with Gasteiger partial charge in [0.1, 0.15) is 0 Å². The molecular weight excluding hydrogens is 248 g/mol. The molecule has 0 aromatic carbocycles. The maximum Gasteiger partial charge on any atom is 0.227 e. The largest absolute Gasteiger partial charge is 0.342 e. The summed E-state index contributed by atoms with van der Waals surface area (Å²) in [5.41, 5.74) is -0.237. The maximum atomic E-state index is 12.2. The SMILES string of the molecule is CC(C)C1CC(NC2CCN(C(=O)C(C)(C)C)CC2)C1. The fourth-order valence-electron chi connectivity index (χ4n) is 3.40. The van der Waals surface area contributed by atoms with Crippen LogP contribution in [-0.2, 0) is 4.79 Å². The molecule has 116 valence electrons. The normalized spacial score (nSPS) is 28.6. The molecule has 1 heterocycles. The van der Waals surface area contributed by atoms with Crippen molar-refractivity contribution in [3.8, 4) is 0 Å². The van der Waals surface area contributed by atoms with Crippen molar-refractivity contribution in [2.75, 3.05) is 13.1 Å². The maximum absolute atomic E-state index is 12.2. The number of piperidine rings is 1. The average Bonchev–Trinajstić information content (AvgIpc) is 2.31. The summed E-state index contributed by atoms with van der Waals surface area (Å²) in [6.07, 6.45) is 4.92. The molecule has 2 aliphatic rings. The van der Waals surface area contributed by atoms with E-state index in [1.54, 1.807) is 0 Å². The fraction of sp³-hybridized carbons (Fsp3) is 0.941. The van der Waals surface area contributed by atoms with Crippen LogP contribution >= 0.6 is 0 Å². The first-order chi connectivity index (χ1) is 9.27. The summed E-state index contributed by atoms with van der Waals surface area (Å²) in [6, 6.07) is 1.36. The van der Waals surface area contributed by atoms with Gasteiger partial charge in [0, 0.05) is 30.6 Å². The Balaban J connectivity index is 1.69. The van der Waals surface area contributed by atoms with Crippen LogP contribution in [0.25, 0.3) is 0 Å². The molecule has 0 bridgehead atoms. The molecule has 0 aromatic heterocycles. The van der Waals surface area contributed by atoms with E-state index in [-0.39, 0.29) is 5.41 Å². The molecule has 0 radical (unpaired) electrons. The predicted octanol–water partition coefficient (Wildman–Crippen LogP) is 3.05. The summed E-state index contributed by atoms with van der Waals surface area (Å²) in [7, 11) is 0. The van der Waals surface area contributed by atoms with E-state index in [2.05, 4.69) is 24.1 Å². The number of likely N-dealkylation sites (tertiary alicyclic amines) is 1. The first-order valence-corrected chi connectivity index (χ1v) is 8.33. The van der Waals surface area contributed by atoms with Gasteiger partial charge in [-0.15, -0.1) is 0 Å². The highest BCUT2D eigenvalue weighted by molar-refractivity contribution is 5.81. The first-order valence-electron chi connectivity index (χ1n) is 8.33. The van der Waals surface area contributed by atoms with E-state index < -0.39 is 0 Å². The number of carbonyl (C=O) groups is 1. The Kier molecular flexibility index (Phi) is 4.78. The molecule has 2 rings (SSSR count). The van der Waals surface area contributed by atoms with Gasteiger partial charge in [0.15, 0.2) is 0 Å². The van der Waals surface area contributed by atoms with Crippen LogP contribution in [0.5, 0.6) is 0 Å². The Morgan fingerprint density at radius 1 is 1.10 bits per heavy atom. The minimum atomic E-state index is -0.237. The van der Waals surface area contributed by atoms with E-state index in [0.717, 1.165) is 43.8 Å². The third kappa shape index (κ3) is 3.75. The van der Waals surface area contributed by atoms with E-state index in [4.69, 9.17) is 0 Å². The third-order valence-corrected chi connectivity index (χ3v) is 5.01. The second-order valence-corrected chi connectivity index (χ2v) is 8.16. The number of hydrogen-bond acceptors (Lipinski definition) is 2. The van der Waals surface area contributed by atoms with Crippen molar-refractivity contribution in [3.63, 3.8) is 0 Å². The summed E-state index contributed by atoms with van der Waals surface area (Å²) in [5.74, 6) is 2.06. The van der Waals surface area contributed by atoms with E-state index in [0.29, 0.717) is 11.9 Å². The van der Waals surface area contributed by atoms with Crippen LogP contribution in [0.2, 0.25) is 0 Å². The fourth-order valence-corrected chi connectivity index (χ4v) is 3.40. The van der Waals surface area contributed by atoms with Gasteiger partial charge in [-0.2, -0.15) is 0 Å². The van der Waals surface area contributed by atoms with Gasteiger partial charge >= 0.3 is 0 Å². The molecule has 3 nitrogen and oxygen atoms in total. The number of nitrogens with one attached hydrogen (secondary N) is 1. The highest BCUT2D eigenvalue weighted by atomic mass is 16.2. The van der Waals surface area contributed by atoms with Crippen LogP contribution in [0, 0.1) is 17.3 Å². The van der Waals surface area contributed by atoms with Gasteiger partial charge < -0.3 is 10.2 Å². The summed E-state index contributed by atoms with van der Waals surface area (Å²) in [6.45, 7) is 12.6. The molecule has 1 N–H and O–H groups in total. The quantitative estimate of drug-likeness (QED) is 0.862. The van der Waals surface area contributed by atoms with Crippen LogP contribution in [0.4, 0.5) is 0 Å². The number of amides is 1. The Bertz CT molecular complexity index is 331. The Morgan fingerprint density at radius 3 is 2.10 bits per heavy atom. The number of carbonyl (C=O) groups excluding carboxylic acids is 1. The molecule has 2 fully saturated rings. The van der Waals surface area contributed by atoms with E-state index in [9.17, 15) is 4.79 Å². The first kappa shape index (κ1) is 15.8. The van der Waals surface area contributed by atoms with E-state index in [1.807, 2.05) is 20.8 Å². The minimum absolute atomic E-state index is 0.237. The van der Waals surface area contributed by atoms with Gasteiger partial charge in [-0.25, -0.2) is 0 Å². The third-order valence-electron chi connectivity index (χ3n) is 5.01. The lowest BCUT2D eigenvalue weighted by molar-refractivity contribution is -0.140. The van der Waals surface area contributed by atoms with Gasteiger partial charge in [0.25, 0.3) is 0 Å². The lowest BCUT2D eigenvalue weighted by atomic mass is 9.73. The smallest absolute Gasteiger partial charge is 0.227 e. The van der Waals surface area contributed by atoms with Crippen molar-refractivity contribution < 1.29 is 4.79 Å². The minimum Gasteiger partial charge on any atom is -0.342 e. The van der Waals surface area contributed by atoms with Crippen LogP contribution in [0.15, 0.2) is 0 Å². The van der Waals surface area contributed by atoms with Crippen LogP contribution in [0.1, 0.15) is 60.3 Å². The Morgan fingerprint density at radius 2 is 1.65 bits per heavy atom. The zero-order chi connectivity index (χ0) is 14.9. The van der Waals surface area contributed by atoms with Crippen molar-refractivity contribution in [2.45, 2.75) is 72.4 Å². The number of hydrogen-bond donors (Lipinski definition) is 1. The summed E-state index contributed by atoms with van der Waals surface area (Å²) in [5, 5.41) is 3.80. The molecule has 0 aromatic rings. The summed E-state index contributed by atoms with van der Waals surface area (Å²) >= 11 is 0. The van der Waals surface area contributed by atoms with Gasteiger partial charge in [-0.05, 0) is 37.5 Å². The lowest BCUT2D eigenvalue weighted by Crippen LogP contribution is -2.53. The number of nitrogens with zero attached hydrogens (tertiary/aromatic N) is 1. The summed E-state index contributed by atoms with van der Waals surface area (Å²) < 4.78 is 0. The molecule has 1 amide bonds. The second kappa shape index (κ2) is 6.05. The van der Waals surface area contributed by atoms with Crippen molar-refractivity contribution in [2.24, 2.45) is 17.3 Å². The number of rotatable bonds is 3. The topological polar surface area (TPSA) is 32.3 Å². The highest BCUT2D eigenvalue weighted by Crippen LogP contribution is 2.34. The van der Waals surface area contributed by atoms with Gasteiger partial charge in [0.05, 0.1) is 0 Å². The molecule has 20 heavy (non-hydrogen) atoms. The molecule has 1 saturated carbocycles. The van der Waals surface area contributed by atoms with E-state index >= 15 is 0 Å². The molecule has 0 unspecified atom stereocenters. The summed E-state index contributed by atoms with van der Waals surface area (Å²) in [4.78, 5) is 14.3. The van der Waals surface area contributed by atoms with E-state index in [1.165, 1.54) is 12.8 Å². The Hall–Kier alpha value is -0.570. The molecule has 3 heteroatoms. The van der Waals surface area contributed by atoms with Gasteiger partial charge in [0.2, 0.25) is 5.91 Å². The molecule has 1 saturated heterocycles. The molecule has 1 aliphatic heterocycles. The molecular formula is C17H32N2O. The van der Waals surface area contributed by atoms with Crippen LogP contribution in [-0.4, -0.2) is 36.0 Å². The molecule has 0 spiro atoms. The van der Waals surface area contributed by atoms with Crippen molar-refractivity contribution in [3.05, 3.63) is 0 Å². The average molecular weight is 280 g/mol. The van der Waals surface area contributed by atoms with Crippen LogP contribution < -0.4 is 5.32 Å². The monoisotopic (exact) mass is 280 g/mol. The predicted molar refractivity (Wildman–Crippen MR) is 83.5 cm³/mol. The Labute approximate surface area is 124 Å². The lowest BCUT2D eigenvalue weighted by Gasteiger charge is -2.43. The molecule has 0 atom stereocenters. The van der Waals surface area contributed by atoms with Gasteiger partial charge in [-0.1, -0.05) is 34.6 Å². The van der Waals surface area contributed by atoms with Crippen LogP contribution in [0.3, 0.4) is 0 Å². The van der Waals surface area contributed by atoms with Crippen molar-refractivity contribution in [1.82, 2.24) is 10.2 Å². The van der Waals surface area contributed by atoms with Crippen molar-refractivity contribution >= 4 is 5.91 Å².